The lowest BCUT2D eigenvalue weighted by Crippen LogP contribution is -2.43. The summed E-state index contributed by atoms with van der Waals surface area (Å²) >= 11 is 1.69. The first-order chi connectivity index (χ1) is 16.3. The molecule has 0 unspecified atom stereocenters. The molecular formula is C26H33NO6S. The Kier molecular flexibility index (Phi) is 8.83. The molecular weight excluding hydrogens is 454 g/mol. The van der Waals surface area contributed by atoms with Gasteiger partial charge in [-0.05, 0) is 49.6 Å². The smallest absolute Gasteiger partial charge is 0.336 e. The summed E-state index contributed by atoms with van der Waals surface area (Å²) < 4.78 is 16.1. The molecule has 0 amide bonds. The molecule has 0 saturated carbocycles. The van der Waals surface area contributed by atoms with E-state index in [1.165, 1.54) is 7.11 Å². The number of hydrogen-bond acceptors (Lipinski definition) is 8. The van der Waals surface area contributed by atoms with Crippen LogP contribution in [0.2, 0.25) is 0 Å². The minimum absolute atomic E-state index is 0.223. The summed E-state index contributed by atoms with van der Waals surface area (Å²) in [4.78, 5) is 39.5. The maximum Gasteiger partial charge on any atom is 0.336 e. The van der Waals surface area contributed by atoms with Crippen LogP contribution in [0.25, 0.3) is 0 Å². The van der Waals surface area contributed by atoms with Gasteiger partial charge >= 0.3 is 11.9 Å². The number of carbonyl (C=O) groups is 3. The summed E-state index contributed by atoms with van der Waals surface area (Å²) in [6.45, 7) is 8.46. The summed E-state index contributed by atoms with van der Waals surface area (Å²) in [5.41, 5.74) is 2.97. The first kappa shape index (κ1) is 25.9. The third kappa shape index (κ3) is 5.32. The standard InChI is InChI=1S/C26H33NO6S/c1-6-32-18-10-8-17(9-11-18)22-21(26(30)33-12-13-34-7-2)16(4)27-19-14-15(3)20(25(29)31-5)24(28)23(19)22/h8-11,15,20,22,27H,6-7,12-14H2,1-5H3/t15-,20-,22+/m0/s1. The zero-order chi connectivity index (χ0) is 24.8. The van der Waals surface area contributed by atoms with Crippen molar-refractivity contribution in [2.75, 3.05) is 31.8 Å². The fourth-order valence-electron chi connectivity index (χ4n) is 4.62. The zero-order valence-electron chi connectivity index (χ0n) is 20.4. The lowest BCUT2D eigenvalue weighted by molar-refractivity contribution is -0.151. The number of benzene rings is 1. The third-order valence-corrected chi connectivity index (χ3v) is 7.02. The molecule has 3 rings (SSSR count). The molecule has 0 aromatic heterocycles. The number of nitrogens with one attached hydrogen (secondary N) is 1. The van der Waals surface area contributed by atoms with Gasteiger partial charge in [0.2, 0.25) is 0 Å². The van der Waals surface area contributed by atoms with Crippen LogP contribution >= 0.6 is 11.8 Å². The second-order valence-electron chi connectivity index (χ2n) is 8.37. The van der Waals surface area contributed by atoms with E-state index in [1.54, 1.807) is 11.8 Å². The van der Waals surface area contributed by atoms with Crippen LogP contribution in [0.4, 0.5) is 0 Å². The maximum atomic E-state index is 13.7. The number of allylic oxidation sites excluding steroid dienone is 3. The third-order valence-electron chi connectivity index (χ3n) is 6.15. The van der Waals surface area contributed by atoms with Crippen LogP contribution in [0.15, 0.2) is 46.8 Å². The first-order valence-corrected chi connectivity index (χ1v) is 12.8. The SMILES string of the molecule is CCOc1ccc([C@@H]2C(C(=O)OCCSCC)=C(C)NC3=C2C(=O)[C@@H](C(=O)OC)[C@@H](C)C3)cc1. The molecule has 0 radical (unpaired) electrons. The fraction of sp³-hybridized carbons (Fsp3) is 0.500. The molecule has 34 heavy (non-hydrogen) atoms. The Morgan fingerprint density at radius 3 is 2.50 bits per heavy atom. The molecule has 0 spiro atoms. The number of methoxy groups -OCH3 is 1. The molecule has 8 heteroatoms. The maximum absolute atomic E-state index is 13.7. The number of ketones is 1. The van der Waals surface area contributed by atoms with Gasteiger partial charge in [-0.25, -0.2) is 4.79 Å². The molecule has 1 aromatic rings. The number of ether oxygens (including phenoxy) is 3. The van der Waals surface area contributed by atoms with E-state index in [-0.39, 0.29) is 18.3 Å². The van der Waals surface area contributed by atoms with E-state index in [2.05, 4.69) is 5.32 Å². The average Bonchev–Trinajstić information content (AvgIpc) is 2.81. The predicted octanol–water partition coefficient (Wildman–Crippen LogP) is 3.99. The van der Waals surface area contributed by atoms with Gasteiger partial charge in [0, 0.05) is 28.6 Å². The monoisotopic (exact) mass is 487 g/mol. The normalized spacial score (nSPS) is 22.1. The molecule has 2 aliphatic rings. The highest BCUT2D eigenvalue weighted by molar-refractivity contribution is 7.99. The van der Waals surface area contributed by atoms with Gasteiger partial charge in [-0.2, -0.15) is 11.8 Å². The molecule has 1 heterocycles. The summed E-state index contributed by atoms with van der Waals surface area (Å²) in [6, 6.07) is 7.37. The number of rotatable bonds is 9. The Bertz CT molecular complexity index is 997. The summed E-state index contributed by atoms with van der Waals surface area (Å²) in [7, 11) is 1.29. The van der Waals surface area contributed by atoms with Gasteiger partial charge in [0.25, 0.3) is 0 Å². The van der Waals surface area contributed by atoms with E-state index in [1.807, 2.05) is 52.0 Å². The number of esters is 2. The van der Waals surface area contributed by atoms with Crippen molar-refractivity contribution >= 4 is 29.5 Å². The van der Waals surface area contributed by atoms with E-state index in [9.17, 15) is 14.4 Å². The van der Waals surface area contributed by atoms with Crippen molar-refractivity contribution in [3.05, 3.63) is 52.4 Å². The van der Waals surface area contributed by atoms with Gasteiger partial charge in [0.05, 0.1) is 19.3 Å². The van der Waals surface area contributed by atoms with Crippen LogP contribution in [0.3, 0.4) is 0 Å². The van der Waals surface area contributed by atoms with Gasteiger partial charge in [-0.1, -0.05) is 26.0 Å². The van der Waals surface area contributed by atoms with E-state index in [0.717, 1.165) is 17.0 Å². The van der Waals surface area contributed by atoms with E-state index in [0.29, 0.717) is 41.4 Å². The Morgan fingerprint density at radius 1 is 1.18 bits per heavy atom. The van der Waals surface area contributed by atoms with Gasteiger partial charge in [-0.3, -0.25) is 9.59 Å². The second kappa shape index (κ2) is 11.6. The molecule has 1 aliphatic carbocycles. The van der Waals surface area contributed by atoms with Crippen molar-refractivity contribution in [1.29, 1.82) is 0 Å². The summed E-state index contributed by atoms with van der Waals surface area (Å²) in [6.07, 6.45) is 0.501. The van der Waals surface area contributed by atoms with Crippen molar-refractivity contribution in [3.63, 3.8) is 0 Å². The highest BCUT2D eigenvalue weighted by Crippen LogP contribution is 2.45. The first-order valence-electron chi connectivity index (χ1n) is 11.6. The van der Waals surface area contributed by atoms with Crippen molar-refractivity contribution in [2.24, 2.45) is 11.8 Å². The summed E-state index contributed by atoms with van der Waals surface area (Å²) in [5, 5.41) is 3.28. The van der Waals surface area contributed by atoms with Crippen LogP contribution in [-0.2, 0) is 23.9 Å². The molecule has 7 nitrogen and oxygen atoms in total. The quantitative estimate of drug-likeness (QED) is 0.318. The van der Waals surface area contributed by atoms with E-state index < -0.39 is 23.8 Å². The topological polar surface area (TPSA) is 90.9 Å². The Morgan fingerprint density at radius 2 is 1.88 bits per heavy atom. The summed E-state index contributed by atoms with van der Waals surface area (Å²) in [5.74, 6) is -0.775. The number of Topliss-reactive ketones (excluding diaryl/α,β-unsaturated/α-hetero) is 1. The predicted molar refractivity (Wildman–Crippen MR) is 131 cm³/mol. The van der Waals surface area contributed by atoms with E-state index in [4.69, 9.17) is 14.2 Å². The van der Waals surface area contributed by atoms with Gasteiger partial charge in [-0.15, -0.1) is 0 Å². The van der Waals surface area contributed by atoms with Crippen LogP contribution in [0.5, 0.6) is 5.75 Å². The van der Waals surface area contributed by atoms with Crippen LogP contribution in [0.1, 0.15) is 45.6 Å². The highest BCUT2D eigenvalue weighted by atomic mass is 32.2. The Balaban J connectivity index is 2.06. The lowest BCUT2D eigenvalue weighted by atomic mass is 9.69. The molecule has 0 fully saturated rings. The Labute approximate surface area is 205 Å². The molecule has 1 N–H and O–H groups in total. The fourth-order valence-corrected chi connectivity index (χ4v) is 5.11. The zero-order valence-corrected chi connectivity index (χ0v) is 21.3. The average molecular weight is 488 g/mol. The molecule has 184 valence electrons. The highest BCUT2D eigenvalue weighted by Gasteiger charge is 2.47. The lowest BCUT2D eigenvalue weighted by Gasteiger charge is -2.38. The largest absolute Gasteiger partial charge is 0.494 e. The number of dihydropyridines is 1. The van der Waals surface area contributed by atoms with Crippen molar-refractivity contribution in [2.45, 2.75) is 40.0 Å². The van der Waals surface area contributed by atoms with Crippen molar-refractivity contribution in [3.8, 4) is 5.75 Å². The van der Waals surface area contributed by atoms with Gasteiger partial charge < -0.3 is 19.5 Å². The molecule has 1 aliphatic heterocycles. The van der Waals surface area contributed by atoms with Gasteiger partial charge in [0.15, 0.2) is 5.78 Å². The van der Waals surface area contributed by atoms with Gasteiger partial charge in [0.1, 0.15) is 18.3 Å². The number of carbonyl (C=O) groups excluding carboxylic acids is 3. The van der Waals surface area contributed by atoms with Crippen molar-refractivity contribution < 1.29 is 28.6 Å². The van der Waals surface area contributed by atoms with Crippen LogP contribution in [0, 0.1) is 11.8 Å². The Hall–Kier alpha value is -2.74. The molecule has 1 aromatic carbocycles. The van der Waals surface area contributed by atoms with Crippen LogP contribution < -0.4 is 10.1 Å². The minimum atomic E-state index is -0.910. The minimum Gasteiger partial charge on any atom is -0.494 e. The molecule has 0 saturated heterocycles. The molecule has 0 bridgehead atoms. The number of hydrogen-bond donors (Lipinski definition) is 1. The van der Waals surface area contributed by atoms with E-state index >= 15 is 0 Å². The van der Waals surface area contributed by atoms with Crippen molar-refractivity contribution in [1.82, 2.24) is 5.32 Å². The second-order valence-corrected chi connectivity index (χ2v) is 9.76. The number of thioether (sulfide) groups is 1. The van der Waals surface area contributed by atoms with Crippen LogP contribution in [-0.4, -0.2) is 49.6 Å². The molecule has 3 atom stereocenters.